The Labute approximate surface area is 481 Å². The van der Waals surface area contributed by atoms with Gasteiger partial charge in [-0.3, -0.25) is 0 Å². The SMILES string of the molecule is CC(C)(C)c1cc(-c2cccc(O)n2)cc(C(C)(C)C)c1.CC(C)(C)c1cc(-c2cccc(O)n2)cc(C(C)(C)C)c1.CN1[CH-]N(c2[c-]cccc2)c2ncccc21.CN1[CH-]N(c2[c-]cccc2)c2ncccc21.[Pt+2].[Pt+2]. The Morgan fingerprint density at radius 3 is 1.05 bits per heavy atom. The van der Waals surface area contributed by atoms with Crippen LogP contribution in [0, 0.1) is 25.5 Å². The molecule has 400 valence electrons. The Kier molecular flexibility index (Phi) is 20.1. The van der Waals surface area contributed by atoms with Crippen LogP contribution in [-0.2, 0) is 63.8 Å². The summed E-state index contributed by atoms with van der Waals surface area (Å²) in [5, 5.41) is 19.2. The predicted molar refractivity (Wildman–Crippen MR) is 306 cm³/mol. The van der Waals surface area contributed by atoms with Crippen LogP contribution in [0.25, 0.3) is 22.5 Å². The first-order valence-electron chi connectivity index (χ1n) is 25.1. The zero-order valence-corrected chi connectivity index (χ0v) is 50.8. The third-order valence-electron chi connectivity index (χ3n) is 12.6. The molecular weight excluding hydrogens is 1300 g/mol. The van der Waals surface area contributed by atoms with Crippen molar-refractivity contribution < 1.29 is 52.3 Å². The minimum absolute atomic E-state index is 0. The molecule has 0 radical (unpaired) electrons. The van der Waals surface area contributed by atoms with Crippen LogP contribution in [0.5, 0.6) is 11.8 Å². The van der Waals surface area contributed by atoms with Crippen molar-refractivity contribution in [1.82, 2.24) is 19.9 Å². The summed E-state index contributed by atoms with van der Waals surface area (Å²) in [6.07, 6.45) is 3.61. The smallest absolute Gasteiger partial charge is 0.502 e. The summed E-state index contributed by atoms with van der Waals surface area (Å²) >= 11 is 0. The van der Waals surface area contributed by atoms with Crippen molar-refractivity contribution >= 4 is 34.4 Å². The number of anilines is 6. The van der Waals surface area contributed by atoms with E-state index in [4.69, 9.17) is 0 Å². The number of rotatable bonds is 4. The van der Waals surface area contributed by atoms with Gasteiger partial charge >= 0.3 is 42.1 Å². The molecule has 2 aliphatic heterocycles. The van der Waals surface area contributed by atoms with Gasteiger partial charge in [0.2, 0.25) is 11.8 Å². The fourth-order valence-electron chi connectivity index (χ4n) is 8.15. The molecule has 0 spiro atoms. The number of aromatic hydroxyl groups is 2. The Balaban J connectivity index is 0.000000187. The van der Waals surface area contributed by atoms with Gasteiger partial charge in [0.05, 0.1) is 11.4 Å². The van der Waals surface area contributed by atoms with Crippen LogP contribution in [0.1, 0.15) is 105 Å². The summed E-state index contributed by atoms with van der Waals surface area (Å²) in [4.78, 5) is 25.5. The zero-order valence-electron chi connectivity index (χ0n) is 46.3. The van der Waals surface area contributed by atoms with Crippen LogP contribution in [0.2, 0.25) is 0 Å². The van der Waals surface area contributed by atoms with Gasteiger partial charge in [-0.25, -0.2) is 19.9 Å². The summed E-state index contributed by atoms with van der Waals surface area (Å²) in [6.45, 7) is 30.6. The van der Waals surface area contributed by atoms with E-state index in [1.165, 1.54) is 22.3 Å². The first-order valence-corrected chi connectivity index (χ1v) is 25.1. The monoisotopic (exact) mass is 1370 g/mol. The van der Waals surface area contributed by atoms with Gasteiger partial charge in [0.15, 0.2) is 0 Å². The van der Waals surface area contributed by atoms with Gasteiger partial charge in [-0.1, -0.05) is 107 Å². The van der Waals surface area contributed by atoms with Gasteiger partial charge in [0, 0.05) is 47.0 Å². The van der Waals surface area contributed by atoms with Gasteiger partial charge in [0.25, 0.3) is 0 Å². The van der Waals surface area contributed by atoms with E-state index in [2.05, 4.69) is 173 Å². The fraction of sp³-hybridized carbons (Fsp3) is 0.281. The molecule has 2 aliphatic rings. The van der Waals surface area contributed by atoms with E-state index in [9.17, 15) is 10.2 Å². The topological polar surface area (TPSA) is 105 Å². The third kappa shape index (κ3) is 15.4. The van der Waals surface area contributed by atoms with E-state index < -0.39 is 0 Å². The zero-order chi connectivity index (χ0) is 53.6. The molecule has 2 N–H and O–H groups in total. The Hall–Kier alpha value is -6.34. The van der Waals surface area contributed by atoms with Crippen molar-refractivity contribution in [3.63, 3.8) is 0 Å². The number of aromatic nitrogens is 4. The van der Waals surface area contributed by atoms with E-state index >= 15 is 0 Å². The molecule has 4 aromatic heterocycles. The summed E-state index contributed by atoms with van der Waals surface area (Å²) in [5.74, 6) is 2.02. The maximum atomic E-state index is 9.62. The van der Waals surface area contributed by atoms with Crippen LogP contribution in [-0.4, -0.2) is 44.2 Å². The van der Waals surface area contributed by atoms with Crippen LogP contribution in [0.4, 0.5) is 34.4 Å². The predicted octanol–water partition coefficient (Wildman–Crippen LogP) is 15.3. The van der Waals surface area contributed by atoms with Gasteiger partial charge < -0.3 is 29.8 Å². The number of para-hydroxylation sites is 2. The maximum Gasteiger partial charge on any atom is 2.00 e. The summed E-state index contributed by atoms with van der Waals surface area (Å²) in [6, 6.07) is 54.2. The minimum Gasteiger partial charge on any atom is -0.502 e. The first-order chi connectivity index (χ1) is 34.9. The second-order valence-corrected chi connectivity index (χ2v) is 22.7. The van der Waals surface area contributed by atoms with Crippen molar-refractivity contribution in [3.05, 3.63) is 206 Å². The molecule has 0 fully saturated rings. The summed E-state index contributed by atoms with van der Waals surface area (Å²) in [5.41, 5.74) is 13.4. The number of fused-ring (bicyclic) bond motifs is 2. The number of pyridine rings is 4. The molecule has 4 aromatic carbocycles. The van der Waals surface area contributed by atoms with Crippen molar-refractivity contribution in [3.8, 4) is 34.3 Å². The molecule has 8 aromatic rings. The van der Waals surface area contributed by atoms with E-state index in [1.807, 2.05) is 135 Å². The molecule has 0 saturated carbocycles. The van der Waals surface area contributed by atoms with Gasteiger partial charge in [-0.15, -0.1) is 11.4 Å². The molecule has 0 bridgehead atoms. The average Bonchev–Trinajstić information content (AvgIpc) is 3.89. The van der Waals surface area contributed by atoms with E-state index in [-0.39, 0.29) is 75.6 Å². The van der Waals surface area contributed by atoms with Crippen molar-refractivity contribution in [2.24, 2.45) is 0 Å². The number of nitrogens with zero attached hydrogens (tertiary/aromatic N) is 8. The Bertz CT molecular complexity index is 2870. The van der Waals surface area contributed by atoms with Crippen LogP contribution >= 0.6 is 0 Å². The van der Waals surface area contributed by atoms with Gasteiger partial charge in [-0.05, 0) is 119 Å². The minimum atomic E-state index is 0. The van der Waals surface area contributed by atoms with Crippen LogP contribution in [0.3, 0.4) is 0 Å². The largest absolute Gasteiger partial charge is 2.00 e. The maximum absolute atomic E-state index is 9.62. The number of hydrogen-bond donors (Lipinski definition) is 2. The molecule has 0 saturated heterocycles. The third-order valence-corrected chi connectivity index (χ3v) is 12.6. The Morgan fingerprint density at radius 2 is 0.763 bits per heavy atom. The second-order valence-electron chi connectivity index (χ2n) is 22.7. The van der Waals surface area contributed by atoms with Gasteiger partial charge in [-0.2, -0.15) is 74.0 Å². The second kappa shape index (κ2) is 25.2. The number of hydrogen-bond acceptors (Lipinski definition) is 10. The van der Waals surface area contributed by atoms with Crippen molar-refractivity contribution in [2.45, 2.75) is 105 Å². The average molecular weight is 1380 g/mol. The number of benzene rings is 4. The van der Waals surface area contributed by atoms with Crippen LogP contribution < -0.4 is 19.6 Å². The normalized spacial score (nSPS) is 12.8. The van der Waals surface area contributed by atoms with Crippen molar-refractivity contribution in [1.29, 1.82) is 0 Å². The van der Waals surface area contributed by atoms with E-state index in [0.717, 1.165) is 56.9 Å². The molecule has 10 nitrogen and oxygen atoms in total. The fourth-order valence-corrected chi connectivity index (χ4v) is 8.15. The first kappa shape index (κ1) is 60.5. The van der Waals surface area contributed by atoms with Crippen molar-refractivity contribution in [2.75, 3.05) is 33.7 Å². The van der Waals surface area contributed by atoms with Gasteiger partial charge in [0.1, 0.15) is 11.6 Å². The quantitative estimate of drug-likeness (QED) is 0.166. The molecular formula is C64H72N8O2Pt2. The molecule has 0 amide bonds. The van der Waals surface area contributed by atoms with E-state index in [0.29, 0.717) is 0 Å². The molecule has 0 aliphatic carbocycles. The molecule has 12 heteroatoms. The Morgan fingerprint density at radius 1 is 0.421 bits per heavy atom. The molecule has 10 rings (SSSR count). The van der Waals surface area contributed by atoms with Crippen LogP contribution in [0.15, 0.2) is 158 Å². The molecule has 6 heterocycles. The molecule has 0 unspecified atom stereocenters. The summed E-state index contributed by atoms with van der Waals surface area (Å²) < 4.78 is 0. The van der Waals surface area contributed by atoms with E-state index in [1.54, 1.807) is 12.1 Å². The summed E-state index contributed by atoms with van der Waals surface area (Å²) in [7, 11) is 4.03. The standard InChI is InChI=1S/2C19H25NO.2C13H11N3.2Pt/c2*1-18(2,3)14-10-13(11-15(12-14)19(4,5)6)16-8-7-9-17(21)20-16;2*1-15-10-16(11-6-3-2-4-7-11)13-12(15)8-5-9-14-13;;/h2*7-12H,1-6H3,(H,20,21);2*2-6,8-10H,1H3;;/q;;2*-2;2*+2. The molecule has 0 atom stereocenters. The molecule has 76 heavy (non-hydrogen) atoms.